The van der Waals surface area contributed by atoms with Gasteiger partial charge in [0.1, 0.15) is 5.69 Å². The number of thiazole rings is 1. The Balaban J connectivity index is 2.00. The van der Waals surface area contributed by atoms with Gasteiger partial charge < -0.3 is 9.84 Å². The van der Waals surface area contributed by atoms with Crippen molar-refractivity contribution in [3.63, 3.8) is 0 Å². The fraction of sp³-hybridized carbons (Fsp3) is 0.407. The fourth-order valence-electron chi connectivity index (χ4n) is 3.90. The molecule has 12 heteroatoms. The summed E-state index contributed by atoms with van der Waals surface area (Å²) in [5.74, 6) is -1.46. The number of benzene rings is 1. The Bertz CT molecular complexity index is 1270. The number of halogens is 4. The Kier molecular flexibility index (Phi) is 10.4. The van der Waals surface area contributed by atoms with Gasteiger partial charge in [0.2, 0.25) is 10.3 Å². The Morgan fingerprint density at radius 2 is 1.85 bits per heavy atom. The molecule has 39 heavy (non-hydrogen) atoms. The summed E-state index contributed by atoms with van der Waals surface area (Å²) in [5.41, 5.74) is -1.04. The Morgan fingerprint density at radius 1 is 1.13 bits per heavy atom. The number of amides is 1. The van der Waals surface area contributed by atoms with E-state index in [9.17, 15) is 27.2 Å². The number of aromatic nitrogens is 2. The monoisotopic (exact) mass is 567 g/mol. The van der Waals surface area contributed by atoms with E-state index in [1.807, 2.05) is 0 Å². The molecule has 1 atom stereocenters. The third-order valence-electron chi connectivity index (χ3n) is 5.97. The number of carboxylic acid groups (broad SMARTS) is 1. The van der Waals surface area contributed by atoms with Gasteiger partial charge in [-0.25, -0.2) is 19.5 Å². The minimum Gasteiger partial charge on any atom is -0.479 e. The molecule has 0 aliphatic carbocycles. The first-order valence-electron chi connectivity index (χ1n) is 12.5. The molecule has 0 radical (unpaired) electrons. The standard InChI is InChI=1S/C27H29F4N3O4S/c1-3-4-5-6-7-8-10-18-12-13-20(15-21(18)27(29,30)31)34(26(37)38-17(2)24(35)36)25-33-22(23(28)39-25)19-11-9-14-32-16-19/h9,11-17H,3-8,10H2,1-2H3,(H,35,36). The highest BCUT2D eigenvalue weighted by atomic mass is 32.1. The van der Waals surface area contributed by atoms with E-state index in [2.05, 4.69) is 16.9 Å². The van der Waals surface area contributed by atoms with Gasteiger partial charge in [-0.15, -0.1) is 0 Å². The second-order valence-corrected chi connectivity index (χ2v) is 9.84. The number of nitrogens with zero attached hydrogens (tertiary/aromatic N) is 3. The maximum Gasteiger partial charge on any atom is 0.421 e. The van der Waals surface area contributed by atoms with E-state index in [1.165, 1.54) is 30.6 Å². The van der Waals surface area contributed by atoms with Crippen LogP contribution in [0.4, 0.5) is 33.2 Å². The lowest BCUT2D eigenvalue weighted by Gasteiger charge is -2.23. The molecule has 0 spiro atoms. The molecule has 1 N–H and O–H groups in total. The van der Waals surface area contributed by atoms with Gasteiger partial charge in [-0.2, -0.15) is 17.6 Å². The number of aryl methyl sites for hydroxylation is 1. The first-order valence-corrected chi connectivity index (χ1v) is 13.3. The van der Waals surface area contributed by atoms with Crippen LogP contribution in [-0.2, 0) is 22.1 Å². The summed E-state index contributed by atoms with van der Waals surface area (Å²) in [4.78, 5) is 33.0. The van der Waals surface area contributed by atoms with Crippen molar-refractivity contribution in [2.24, 2.45) is 0 Å². The van der Waals surface area contributed by atoms with Gasteiger partial charge in [0.05, 0.1) is 11.3 Å². The number of pyridine rings is 1. The molecule has 2 heterocycles. The predicted octanol–water partition coefficient (Wildman–Crippen LogP) is 8.01. The zero-order valence-corrected chi connectivity index (χ0v) is 22.3. The average molecular weight is 568 g/mol. The van der Waals surface area contributed by atoms with Crippen molar-refractivity contribution in [3.05, 3.63) is 59.0 Å². The van der Waals surface area contributed by atoms with Crippen molar-refractivity contribution >= 4 is 34.2 Å². The van der Waals surface area contributed by atoms with Crippen LogP contribution in [0.5, 0.6) is 0 Å². The van der Waals surface area contributed by atoms with Crippen molar-refractivity contribution in [2.45, 2.75) is 71.1 Å². The Hall–Kier alpha value is -3.54. The van der Waals surface area contributed by atoms with Crippen molar-refractivity contribution in [3.8, 4) is 11.3 Å². The maximum atomic E-state index is 14.9. The molecule has 0 saturated carbocycles. The van der Waals surface area contributed by atoms with Gasteiger partial charge in [0, 0.05) is 18.0 Å². The molecular formula is C27H29F4N3O4S. The number of alkyl halides is 3. The second-order valence-electron chi connectivity index (χ2n) is 8.92. The van der Waals surface area contributed by atoms with E-state index in [0.29, 0.717) is 22.7 Å². The van der Waals surface area contributed by atoms with Crippen LogP contribution in [0, 0.1) is 5.13 Å². The molecule has 0 aliphatic rings. The number of hydrogen-bond acceptors (Lipinski definition) is 6. The summed E-state index contributed by atoms with van der Waals surface area (Å²) in [5, 5.41) is 8.03. The fourth-order valence-corrected chi connectivity index (χ4v) is 4.73. The number of anilines is 2. The molecular weight excluding hydrogens is 538 g/mol. The molecule has 1 aromatic carbocycles. The molecule has 0 saturated heterocycles. The van der Waals surface area contributed by atoms with E-state index in [4.69, 9.17) is 9.84 Å². The number of rotatable bonds is 12. The van der Waals surface area contributed by atoms with Crippen LogP contribution in [0.15, 0.2) is 42.7 Å². The summed E-state index contributed by atoms with van der Waals surface area (Å²) in [6.45, 7) is 3.17. The summed E-state index contributed by atoms with van der Waals surface area (Å²) in [6.07, 6.45) is 0.816. The lowest BCUT2D eigenvalue weighted by atomic mass is 9.99. The molecule has 7 nitrogen and oxygen atoms in total. The highest BCUT2D eigenvalue weighted by molar-refractivity contribution is 7.14. The van der Waals surface area contributed by atoms with E-state index >= 15 is 0 Å². The quantitative estimate of drug-likeness (QED) is 0.176. The normalized spacial score (nSPS) is 12.3. The molecule has 210 valence electrons. The van der Waals surface area contributed by atoms with E-state index in [1.54, 1.807) is 6.07 Å². The molecule has 0 bridgehead atoms. The first-order chi connectivity index (χ1) is 18.5. The molecule has 3 rings (SSSR count). The zero-order chi connectivity index (χ0) is 28.6. The molecule has 1 unspecified atom stereocenters. The SMILES string of the molecule is CCCCCCCCc1ccc(N(C(=O)OC(C)C(=O)O)c2nc(-c3cccnc3)c(F)s2)cc1C(F)(F)F. The topological polar surface area (TPSA) is 92.6 Å². The minimum atomic E-state index is -4.73. The van der Waals surface area contributed by atoms with E-state index in [-0.39, 0.29) is 34.1 Å². The number of hydrogen-bond donors (Lipinski definition) is 1. The molecule has 0 fully saturated rings. The minimum absolute atomic E-state index is 0.0651. The maximum absolute atomic E-state index is 14.9. The number of aliphatic carboxylic acids is 1. The van der Waals surface area contributed by atoms with Crippen LogP contribution >= 0.6 is 11.3 Å². The number of carboxylic acids is 1. The van der Waals surface area contributed by atoms with Crippen LogP contribution in [0.25, 0.3) is 11.3 Å². The van der Waals surface area contributed by atoms with Gasteiger partial charge >= 0.3 is 18.2 Å². The van der Waals surface area contributed by atoms with Crippen molar-refractivity contribution in [1.29, 1.82) is 0 Å². The predicted molar refractivity (Wildman–Crippen MR) is 140 cm³/mol. The van der Waals surface area contributed by atoms with Gasteiger partial charge in [-0.05, 0) is 49.6 Å². The van der Waals surface area contributed by atoms with E-state index < -0.39 is 35.0 Å². The smallest absolute Gasteiger partial charge is 0.421 e. The van der Waals surface area contributed by atoms with Crippen molar-refractivity contribution in [2.75, 3.05) is 4.90 Å². The van der Waals surface area contributed by atoms with Gasteiger partial charge in [-0.3, -0.25) is 4.98 Å². The van der Waals surface area contributed by atoms with Crippen LogP contribution in [0.3, 0.4) is 0 Å². The zero-order valence-electron chi connectivity index (χ0n) is 21.5. The van der Waals surface area contributed by atoms with Crippen LogP contribution < -0.4 is 4.90 Å². The second kappa shape index (κ2) is 13.5. The lowest BCUT2D eigenvalue weighted by molar-refractivity contribution is -0.145. The Labute approximate surface area is 227 Å². The molecule has 0 aliphatic heterocycles. The third kappa shape index (κ3) is 7.98. The van der Waals surface area contributed by atoms with Crippen molar-refractivity contribution in [1.82, 2.24) is 9.97 Å². The third-order valence-corrected chi connectivity index (χ3v) is 6.79. The summed E-state index contributed by atoms with van der Waals surface area (Å²) in [7, 11) is 0. The summed E-state index contributed by atoms with van der Waals surface area (Å²) in [6, 6.07) is 6.42. The molecule has 1 amide bonds. The number of carbonyl (C=O) groups is 2. The highest BCUT2D eigenvalue weighted by Crippen LogP contribution is 2.40. The van der Waals surface area contributed by atoms with Gasteiger partial charge in [-0.1, -0.05) is 56.4 Å². The summed E-state index contributed by atoms with van der Waals surface area (Å²) < 4.78 is 62.1. The molecule has 2 aromatic heterocycles. The van der Waals surface area contributed by atoms with Gasteiger partial charge in [0.15, 0.2) is 6.10 Å². The summed E-state index contributed by atoms with van der Waals surface area (Å²) >= 11 is 0.408. The van der Waals surface area contributed by atoms with Crippen LogP contribution in [0.2, 0.25) is 0 Å². The largest absolute Gasteiger partial charge is 0.479 e. The highest BCUT2D eigenvalue weighted by Gasteiger charge is 2.36. The van der Waals surface area contributed by atoms with Gasteiger partial charge in [0.25, 0.3) is 0 Å². The number of unbranched alkanes of at least 4 members (excludes halogenated alkanes) is 5. The van der Waals surface area contributed by atoms with Crippen LogP contribution in [-0.4, -0.2) is 33.2 Å². The average Bonchev–Trinajstić information content (AvgIpc) is 3.27. The first kappa shape index (κ1) is 30.0. The molecule has 3 aromatic rings. The lowest BCUT2D eigenvalue weighted by Crippen LogP contribution is -2.33. The van der Waals surface area contributed by atoms with E-state index in [0.717, 1.165) is 45.1 Å². The van der Waals surface area contributed by atoms with Crippen LogP contribution in [0.1, 0.15) is 63.5 Å². The number of carbonyl (C=O) groups excluding carboxylic acids is 1. The van der Waals surface area contributed by atoms with Crippen molar-refractivity contribution < 1.29 is 37.0 Å². The number of ether oxygens (including phenoxy) is 1. The Morgan fingerprint density at radius 3 is 2.49 bits per heavy atom.